The highest BCUT2D eigenvalue weighted by Crippen LogP contribution is 2.13. The Kier molecular flexibility index (Phi) is 2.75. The molecule has 6 heteroatoms. The summed E-state index contributed by atoms with van der Waals surface area (Å²) in [6.45, 7) is 0. The van der Waals surface area contributed by atoms with Crippen LogP contribution in [0.5, 0.6) is 5.75 Å². The number of nitriles is 1. The Hall–Kier alpha value is -2.81. The molecule has 0 radical (unpaired) electrons. The van der Waals surface area contributed by atoms with Crippen molar-refractivity contribution in [1.82, 2.24) is 10.2 Å². The molecule has 0 aliphatic carbocycles. The Balaban J connectivity index is 2.18. The summed E-state index contributed by atoms with van der Waals surface area (Å²) < 4.78 is 0. The van der Waals surface area contributed by atoms with Crippen molar-refractivity contribution in [3.05, 3.63) is 41.6 Å². The first kappa shape index (κ1) is 10.7. The molecule has 2 rings (SSSR count). The molecule has 3 N–H and O–H groups in total. The van der Waals surface area contributed by atoms with Gasteiger partial charge in [0.25, 0.3) is 5.91 Å². The zero-order chi connectivity index (χ0) is 12.3. The van der Waals surface area contributed by atoms with E-state index in [4.69, 9.17) is 10.4 Å². The van der Waals surface area contributed by atoms with Gasteiger partial charge in [0.05, 0.1) is 6.20 Å². The highest BCUT2D eigenvalue weighted by molar-refractivity contribution is 6.04. The number of benzene rings is 1. The number of carbonyl (C=O) groups is 1. The summed E-state index contributed by atoms with van der Waals surface area (Å²) in [5.41, 5.74) is 0.637. The summed E-state index contributed by atoms with van der Waals surface area (Å²) in [4.78, 5) is 11.7. The number of hydrogen-bond acceptors (Lipinski definition) is 4. The van der Waals surface area contributed by atoms with E-state index in [1.54, 1.807) is 0 Å². The second-order valence-corrected chi connectivity index (χ2v) is 3.27. The van der Waals surface area contributed by atoms with Crippen molar-refractivity contribution in [1.29, 1.82) is 5.26 Å². The number of amides is 1. The summed E-state index contributed by atoms with van der Waals surface area (Å²) in [5, 5.41) is 26.5. The van der Waals surface area contributed by atoms with E-state index in [9.17, 15) is 4.79 Å². The molecule has 0 saturated carbocycles. The standard InChI is InChI=1S/C11H8N4O2/c12-5-8-6-13-15-10(8)14-11(17)7-1-3-9(16)4-2-7/h1-4,6,16H,(H2,13,14,15,17). The van der Waals surface area contributed by atoms with Gasteiger partial charge >= 0.3 is 0 Å². The molecule has 0 unspecified atom stereocenters. The minimum absolute atomic E-state index is 0.0841. The SMILES string of the molecule is N#Cc1cn[nH]c1NC(=O)c1ccc(O)cc1. The molecular weight excluding hydrogens is 220 g/mol. The van der Waals surface area contributed by atoms with Crippen molar-refractivity contribution < 1.29 is 9.90 Å². The van der Waals surface area contributed by atoms with Crippen LogP contribution in [0.2, 0.25) is 0 Å². The molecule has 0 aliphatic rings. The largest absolute Gasteiger partial charge is 0.508 e. The van der Waals surface area contributed by atoms with E-state index in [0.29, 0.717) is 5.56 Å². The van der Waals surface area contributed by atoms with Crippen LogP contribution in [0.4, 0.5) is 5.82 Å². The first-order valence-corrected chi connectivity index (χ1v) is 4.74. The molecule has 2 aromatic rings. The molecule has 1 amide bonds. The molecule has 1 aromatic carbocycles. The normalized spacial score (nSPS) is 9.59. The Morgan fingerprint density at radius 1 is 1.41 bits per heavy atom. The lowest BCUT2D eigenvalue weighted by molar-refractivity contribution is 0.102. The first-order chi connectivity index (χ1) is 8.20. The molecule has 1 heterocycles. The summed E-state index contributed by atoms with van der Waals surface area (Å²) >= 11 is 0. The van der Waals surface area contributed by atoms with Crippen LogP contribution in [0.1, 0.15) is 15.9 Å². The molecule has 0 atom stereocenters. The minimum atomic E-state index is -0.384. The zero-order valence-electron chi connectivity index (χ0n) is 8.64. The Labute approximate surface area is 96.5 Å². The summed E-state index contributed by atoms with van der Waals surface area (Å²) in [6, 6.07) is 7.67. The van der Waals surface area contributed by atoms with E-state index in [2.05, 4.69) is 15.5 Å². The van der Waals surface area contributed by atoms with Crippen molar-refractivity contribution in [2.24, 2.45) is 0 Å². The monoisotopic (exact) mass is 228 g/mol. The van der Waals surface area contributed by atoms with Gasteiger partial charge in [-0.15, -0.1) is 0 Å². The molecule has 1 aromatic heterocycles. The number of aromatic hydroxyl groups is 1. The first-order valence-electron chi connectivity index (χ1n) is 4.74. The van der Waals surface area contributed by atoms with Crippen molar-refractivity contribution in [3.8, 4) is 11.8 Å². The number of carbonyl (C=O) groups excluding carboxylic acids is 1. The zero-order valence-corrected chi connectivity index (χ0v) is 8.64. The van der Waals surface area contributed by atoms with E-state index in [1.807, 2.05) is 6.07 Å². The number of rotatable bonds is 2. The van der Waals surface area contributed by atoms with E-state index < -0.39 is 0 Å². The topological polar surface area (TPSA) is 102 Å². The summed E-state index contributed by atoms with van der Waals surface area (Å²) in [6.07, 6.45) is 1.33. The number of aromatic amines is 1. The van der Waals surface area contributed by atoms with Gasteiger partial charge in [-0.25, -0.2) is 0 Å². The second kappa shape index (κ2) is 4.37. The predicted molar refractivity (Wildman–Crippen MR) is 59.4 cm³/mol. The van der Waals surface area contributed by atoms with Crippen LogP contribution < -0.4 is 5.32 Å². The fourth-order valence-electron chi connectivity index (χ4n) is 1.26. The van der Waals surface area contributed by atoms with E-state index >= 15 is 0 Å². The highest BCUT2D eigenvalue weighted by Gasteiger charge is 2.10. The van der Waals surface area contributed by atoms with Crippen molar-refractivity contribution in [2.45, 2.75) is 0 Å². The molecule has 0 fully saturated rings. The molecule has 6 nitrogen and oxygen atoms in total. The van der Waals surface area contributed by atoms with Crippen molar-refractivity contribution >= 4 is 11.7 Å². The van der Waals surface area contributed by atoms with Gasteiger partial charge in [0.2, 0.25) is 0 Å². The van der Waals surface area contributed by atoms with Gasteiger partial charge in [-0.05, 0) is 24.3 Å². The average molecular weight is 228 g/mol. The van der Waals surface area contributed by atoms with Gasteiger partial charge in [0.1, 0.15) is 23.2 Å². The molecule has 0 aliphatic heterocycles. The maximum absolute atomic E-state index is 11.7. The Bertz CT molecular complexity index is 580. The maximum atomic E-state index is 11.7. The second-order valence-electron chi connectivity index (χ2n) is 3.27. The fourth-order valence-corrected chi connectivity index (χ4v) is 1.26. The third-order valence-electron chi connectivity index (χ3n) is 2.13. The molecule has 84 valence electrons. The van der Waals surface area contributed by atoms with Crippen LogP contribution in [-0.2, 0) is 0 Å². The van der Waals surface area contributed by atoms with Crippen molar-refractivity contribution in [2.75, 3.05) is 5.32 Å². The summed E-state index contributed by atoms with van der Waals surface area (Å²) in [7, 11) is 0. The summed E-state index contributed by atoms with van der Waals surface area (Å²) in [5.74, 6) is -0.0443. The predicted octanol–water partition coefficient (Wildman–Crippen LogP) is 1.24. The average Bonchev–Trinajstić information content (AvgIpc) is 2.77. The lowest BCUT2D eigenvalue weighted by Crippen LogP contribution is -2.12. The minimum Gasteiger partial charge on any atom is -0.508 e. The van der Waals surface area contributed by atoms with E-state index in [1.165, 1.54) is 30.5 Å². The van der Waals surface area contributed by atoms with E-state index in [-0.39, 0.29) is 23.0 Å². The molecule has 0 bridgehead atoms. The maximum Gasteiger partial charge on any atom is 0.256 e. The number of anilines is 1. The van der Waals surface area contributed by atoms with Gasteiger partial charge in [-0.3, -0.25) is 9.89 Å². The van der Waals surface area contributed by atoms with Crippen LogP contribution >= 0.6 is 0 Å². The molecule has 0 spiro atoms. The van der Waals surface area contributed by atoms with Gasteiger partial charge in [-0.1, -0.05) is 0 Å². The number of aromatic nitrogens is 2. The van der Waals surface area contributed by atoms with Gasteiger partial charge in [0.15, 0.2) is 0 Å². The molecule has 0 saturated heterocycles. The number of hydrogen-bond donors (Lipinski definition) is 3. The highest BCUT2D eigenvalue weighted by atomic mass is 16.3. The number of phenolic OH excluding ortho intramolecular Hbond substituents is 1. The third kappa shape index (κ3) is 2.23. The number of phenols is 1. The van der Waals surface area contributed by atoms with Crippen LogP contribution in [-0.4, -0.2) is 21.2 Å². The van der Waals surface area contributed by atoms with Crippen LogP contribution in [0, 0.1) is 11.3 Å². The lowest BCUT2D eigenvalue weighted by Gasteiger charge is -2.02. The third-order valence-corrected chi connectivity index (χ3v) is 2.13. The molecular formula is C11H8N4O2. The number of nitrogens with one attached hydrogen (secondary N) is 2. The van der Waals surface area contributed by atoms with Crippen molar-refractivity contribution in [3.63, 3.8) is 0 Å². The van der Waals surface area contributed by atoms with E-state index in [0.717, 1.165) is 0 Å². The van der Waals surface area contributed by atoms with Crippen LogP contribution in [0.15, 0.2) is 30.5 Å². The number of nitrogens with zero attached hydrogens (tertiary/aromatic N) is 2. The van der Waals surface area contributed by atoms with Gasteiger partial charge in [-0.2, -0.15) is 10.4 Å². The lowest BCUT2D eigenvalue weighted by atomic mass is 10.2. The van der Waals surface area contributed by atoms with Gasteiger partial charge < -0.3 is 10.4 Å². The van der Waals surface area contributed by atoms with Crippen LogP contribution in [0.25, 0.3) is 0 Å². The van der Waals surface area contributed by atoms with Gasteiger partial charge in [0, 0.05) is 5.56 Å². The fraction of sp³-hybridized carbons (Fsp3) is 0. The smallest absolute Gasteiger partial charge is 0.256 e. The number of H-pyrrole nitrogens is 1. The van der Waals surface area contributed by atoms with Crippen LogP contribution in [0.3, 0.4) is 0 Å². The molecule has 17 heavy (non-hydrogen) atoms. The quantitative estimate of drug-likeness (QED) is 0.719. The Morgan fingerprint density at radius 2 is 2.12 bits per heavy atom. The Morgan fingerprint density at radius 3 is 2.76 bits per heavy atom.